The normalized spacial score (nSPS) is 11.0. The standard InChI is InChI=1S/C17H19N3O/c1-3-7-21-16-6-5-13(8-12(16)4-2)14-9-15-17(18-10-14)20-11-19-15/h5-6,8-11H,3-4,7H2,1-2H3,(H,18,19,20). The van der Waals surface area contributed by atoms with Gasteiger partial charge in [-0.25, -0.2) is 9.97 Å². The van der Waals surface area contributed by atoms with E-state index < -0.39 is 0 Å². The number of hydrogen-bond acceptors (Lipinski definition) is 3. The van der Waals surface area contributed by atoms with Gasteiger partial charge in [-0.05, 0) is 42.2 Å². The van der Waals surface area contributed by atoms with E-state index in [2.05, 4.69) is 53.1 Å². The maximum absolute atomic E-state index is 5.79. The molecule has 108 valence electrons. The van der Waals surface area contributed by atoms with Crippen molar-refractivity contribution in [2.24, 2.45) is 0 Å². The Labute approximate surface area is 124 Å². The number of H-pyrrole nitrogens is 1. The summed E-state index contributed by atoms with van der Waals surface area (Å²) in [4.78, 5) is 11.6. The van der Waals surface area contributed by atoms with Crippen LogP contribution in [0.4, 0.5) is 0 Å². The lowest BCUT2D eigenvalue weighted by molar-refractivity contribution is 0.314. The van der Waals surface area contributed by atoms with Crippen molar-refractivity contribution in [1.82, 2.24) is 15.0 Å². The predicted molar refractivity (Wildman–Crippen MR) is 84.5 cm³/mol. The summed E-state index contributed by atoms with van der Waals surface area (Å²) in [5.41, 5.74) is 5.17. The SMILES string of the molecule is CCCOc1ccc(-c2cnc3nc[nH]c3c2)cc1CC. The monoisotopic (exact) mass is 281 g/mol. The molecule has 4 heteroatoms. The number of ether oxygens (including phenoxy) is 1. The maximum Gasteiger partial charge on any atom is 0.177 e. The van der Waals surface area contributed by atoms with E-state index in [0.717, 1.165) is 47.5 Å². The first-order valence-electron chi connectivity index (χ1n) is 7.37. The number of benzene rings is 1. The first-order valence-corrected chi connectivity index (χ1v) is 7.37. The van der Waals surface area contributed by atoms with E-state index in [4.69, 9.17) is 4.74 Å². The largest absolute Gasteiger partial charge is 0.493 e. The van der Waals surface area contributed by atoms with Crippen molar-refractivity contribution in [2.45, 2.75) is 26.7 Å². The van der Waals surface area contributed by atoms with Crippen LogP contribution in [0.15, 0.2) is 36.8 Å². The molecule has 0 unspecified atom stereocenters. The highest BCUT2D eigenvalue weighted by Gasteiger charge is 2.07. The molecule has 0 amide bonds. The minimum absolute atomic E-state index is 0.748. The van der Waals surface area contributed by atoms with Crippen LogP contribution in [-0.2, 0) is 6.42 Å². The third-order valence-corrected chi connectivity index (χ3v) is 3.51. The van der Waals surface area contributed by atoms with E-state index in [-0.39, 0.29) is 0 Å². The summed E-state index contributed by atoms with van der Waals surface area (Å²) in [6.45, 7) is 5.02. The van der Waals surface area contributed by atoms with Crippen molar-refractivity contribution in [1.29, 1.82) is 0 Å². The molecule has 0 aliphatic rings. The van der Waals surface area contributed by atoms with E-state index in [9.17, 15) is 0 Å². The number of imidazole rings is 1. The van der Waals surface area contributed by atoms with E-state index >= 15 is 0 Å². The summed E-state index contributed by atoms with van der Waals surface area (Å²) in [5, 5.41) is 0. The number of aromatic nitrogens is 3. The smallest absolute Gasteiger partial charge is 0.177 e. The highest BCUT2D eigenvalue weighted by atomic mass is 16.5. The molecular formula is C17H19N3O. The number of rotatable bonds is 5. The second-order valence-electron chi connectivity index (χ2n) is 5.02. The van der Waals surface area contributed by atoms with Crippen molar-refractivity contribution in [3.8, 4) is 16.9 Å². The number of aromatic amines is 1. The minimum Gasteiger partial charge on any atom is -0.493 e. The van der Waals surface area contributed by atoms with Gasteiger partial charge in [0.25, 0.3) is 0 Å². The topological polar surface area (TPSA) is 50.8 Å². The lowest BCUT2D eigenvalue weighted by atomic mass is 10.0. The molecule has 0 saturated heterocycles. The fourth-order valence-corrected chi connectivity index (χ4v) is 2.38. The third-order valence-electron chi connectivity index (χ3n) is 3.51. The van der Waals surface area contributed by atoms with Gasteiger partial charge in [0.05, 0.1) is 18.5 Å². The Hall–Kier alpha value is -2.36. The molecule has 0 spiro atoms. The van der Waals surface area contributed by atoms with Crippen LogP contribution in [0.3, 0.4) is 0 Å². The predicted octanol–water partition coefficient (Wildman–Crippen LogP) is 3.98. The zero-order chi connectivity index (χ0) is 14.7. The number of fused-ring (bicyclic) bond motifs is 1. The molecule has 4 nitrogen and oxygen atoms in total. The molecule has 1 N–H and O–H groups in total. The van der Waals surface area contributed by atoms with Crippen molar-refractivity contribution in [2.75, 3.05) is 6.61 Å². The van der Waals surface area contributed by atoms with Crippen LogP contribution < -0.4 is 4.74 Å². The van der Waals surface area contributed by atoms with Gasteiger partial charge in [-0.3, -0.25) is 0 Å². The van der Waals surface area contributed by atoms with Gasteiger partial charge in [-0.2, -0.15) is 0 Å². The highest BCUT2D eigenvalue weighted by molar-refractivity contribution is 5.78. The van der Waals surface area contributed by atoms with Crippen LogP contribution in [0.25, 0.3) is 22.3 Å². The summed E-state index contributed by atoms with van der Waals surface area (Å²) in [6.07, 6.45) is 5.50. The van der Waals surface area contributed by atoms with Crippen molar-refractivity contribution >= 4 is 11.2 Å². The third kappa shape index (κ3) is 2.75. The van der Waals surface area contributed by atoms with Crippen LogP contribution in [0.1, 0.15) is 25.8 Å². The van der Waals surface area contributed by atoms with E-state index in [1.165, 1.54) is 5.56 Å². The van der Waals surface area contributed by atoms with Gasteiger partial charge in [-0.15, -0.1) is 0 Å². The molecule has 2 heterocycles. The van der Waals surface area contributed by atoms with Crippen LogP contribution >= 0.6 is 0 Å². The van der Waals surface area contributed by atoms with Gasteiger partial charge in [0.1, 0.15) is 5.75 Å². The fraction of sp³-hybridized carbons (Fsp3) is 0.294. The summed E-state index contributed by atoms with van der Waals surface area (Å²) in [5.74, 6) is 0.985. The molecule has 0 aliphatic carbocycles. The van der Waals surface area contributed by atoms with Gasteiger partial charge in [0.15, 0.2) is 5.65 Å². The number of pyridine rings is 1. The molecule has 1 aromatic carbocycles. The minimum atomic E-state index is 0.748. The van der Waals surface area contributed by atoms with E-state index in [1.54, 1.807) is 6.33 Å². The molecule has 2 aromatic heterocycles. The molecule has 0 atom stereocenters. The van der Waals surface area contributed by atoms with Crippen LogP contribution in [0.5, 0.6) is 5.75 Å². The number of hydrogen-bond donors (Lipinski definition) is 1. The second kappa shape index (κ2) is 5.95. The van der Waals surface area contributed by atoms with E-state index in [0.29, 0.717) is 0 Å². The van der Waals surface area contributed by atoms with Crippen molar-refractivity contribution in [3.05, 3.63) is 42.4 Å². The van der Waals surface area contributed by atoms with Crippen LogP contribution in [0.2, 0.25) is 0 Å². The van der Waals surface area contributed by atoms with Gasteiger partial charge in [0, 0.05) is 11.8 Å². The Morgan fingerprint density at radius 1 is 1.10 bits per heavy atom. The fourth-order valence-electron chi connectivity index (χ4n) is 2.38. The zero-order valence-corrected chi connectivity index (χ0v) is 12.4. The second-order valence-corrected chi connectivity index (χ2v) is 5.02. The Bertz CT molecular complexity index is 749. The average molecular weight is 281 g/mol. The highest BCUT2D eigenvalue weighted by Crippen LogP contribution is 2.28. The molecule has 0 radical (unpaired) electrons. The maximum atomic E-state index is 5.79. The van der Waals surface area contributed by atoms with Gasteiger partial charge < -0.3 is 9.72 Å². The van der Waals surface area contributed by atoms with Gasteiger partial charge >= 0.3 is 0 Å². The Balaban J connectivity index is 1.97. The first kappa shape index (κ1) is 13.6. The average Bonchev–Trinajstić information content (AvgIpc) is 3.00. The summed E-state index contributed by atoms with van der Waals surface area (Å²) < 4.78 is 5.79. The van der Waals surface area contributed by atoms with Crippen LogP contribution in [0, 0.1) is 0 Å². The Morgan fingerprint density at radius 3 is 2.81 bits per heavy atom. The molecule has 0 bridgehead atoms. The summed E-state index contributed by atoms with van der Waals surface area (Å²) >= 11 is 0. The molecule has 3 aromatic rings. The molecule has 0 aliphatic heterocycles. The molecule has 0 fully saturated rings. The zero-order valence-electron chi connectivity index (χ0n) is 12.4. The van der Waals surface area contributed by atoms with Crippen molar-refractivity contribution in [3.63, 3.8) is 0 Å². The molecule has 3 rings (SSSR count). The molecular weight excluding hydrogens is 262 g/mol. The van der Waals surface area contributed by atoms with Crippen LogP contribution in [-0.4, -0.2) is 21.6 Å². The molecule has 0 saturated carbocycles. The summed E-state index contributed by atoms with van der Waals surface area (Å²) in [7, 11) is 0. The molecule has 21 heavy (non-hydrogen) atoms. The lowest BCUT2D eigenvalue weighted by Gasteiger charge is -2.11. The lowest BCUT2D eigenvalue weighted by Crippen LogP contribution is -1.98. The van der Waals surface area contributed by atoms with Crippen molar-refractivity contribution < 1.29 is 4.74 Å². The number of nitrogens with one attached hydrogen (secondary N) is 1. The summed E-state index contributed by atoms with van der Waals surface area (Å²) in [6, 6.07) is 8.41. The quantitative estimate of drug-likeness (QED) is 0.769. The Kier molecular flexibility index (Phi) is 3.86. The number of aryl methyl sites for hydroxylation is 1. The first-order chi connectivity index (χ1) is 10.3. The van der Waals surface area contributed by atoms with Gasteiger partial charge in [0.2, 0.25) is 0 Å². The number of nitrogens with zero attached hydrogens (tertiary/aromatic N) is 2. The Morgan fingerprint density at radius 2 is 2.00 bits per heavy atom. The van der Waals surface area contributed by atoms with E-state index in [1.807, 2.05) is 6.20 Å². The van der Waals surface area contributed by atoms with Gasteiger partial charge in [-0.1, -0.05) is 19.9 Å².